The molecular formula is C13H20F3N3. The van der Waals surface area contributed by atoms with Crippen molar-refractivity contribution < 1.29 is 13.2 Å². The third-order valence-electron chi connectivity index (χ3n) is 3.14. The highest BCUT2D eigenvalue weighted by Gasteiger charge is 2.33. The first-order valence-corrected chi connectivity index (χ1v) is 6.54. The number of aromatic nitrogens is 2. The highest BCUT2D eigenvalue weighted by molar-refractivity contribution is 5.14. The van der Waals surface area contributed by atoms with Gasteiger partial charge in [0.25, 0.3) is 0 Å². The average molecular weight is 275 g/mol. The predicted molar refractivity (Wildman–Crippen MR) is 67.8 cm³/mol. The van der Waals surface area contributed by atoms with Crippen molar-refractivity contribution in [1.29, 1.82) is 0 Å². The molecule has 0 saturated carbocycles. The molecule has 1 heterocycles. The Morgan fingerprint density at radius 3 is 2.32 bits per heavy atom. The van der Waals surface area contributed by atoms with E-state index in [0.717, 1.165) is 25.5 Å². The SMILES string of the molecule is CCCNC(CC)C(C)c1ccc(C(F)(F)F)nn1. The smallest absolute Gasteiger partial charge is 0.313 e. The molecular weight excluding hydrogens is 255 g/mol. The van der Waals surface area contributed by atoms with E-state index in [9.17, 15) is 13.2 Å². The van der Waals surface area contributed by atoms with Crippen molar-refractivity contribution in [3.05, 3.63) is 23.5 Å². The molecule has 0 spiro atoms. The van der Waals surface area contributed by atoms with E-state index in [4.69, 9.17) is 0 Å². The lowest BCUT2D eigenvalue weighted by atomic mass is 9.95. The van der Waals surface area contributed by atoms with E-state index in [2.05, 4.69) is 22.4 Å². The molecule has 0 aliphatic rings. The van der Waals surface area contributed by atoms with Crippen LogP contribution in [0.15, 0.2) is 12.1 Å². The van der Waals surface area contributed by atoms with Gasteiger partial charge in [0.2, 0.25) is 0 Å². The standard InChI is InChI=1S/C13H20F3N3/c1-4-8-17-10(5-2)9(3)11-6-7-12(19-18-11)13(14,15)16/h6-7,9-10,17H,4-5,8H2,1-3H3. The number of rotatable bonds is 6. The molecule has 1 N–H and O–H groups in total. The molecule has 0 radical (unpaired) electrons. The maximum atomic E-state index is 12.4. The van der Waals surface area contributed by atoms with Gasteiger partial charge < -0.3 is 5.32 Å². The summed E-state index contributed by atoms with van der Waals surface area (Å²) < 4.78 is 37.2. The van der Waals surface area contributed by atoms with Gasteiger partial charge in [0.15, 0.2) is 5.69 Å². The predicted octanol–water partition coefficient (Wildman–Crippen LogP) is 3.38. The minimum absolute atomic E-state index is 0.0336. The van der Waals surface area contributed by atoms with Crippen molar-refractivity contribution in [3.8, 4) is 0 Å². The maximum Gasteiger partial charge on any atom is 0.435 e. The topological polar surface area (TPSA) is 37.8 Å². The van der Waals surface area contributed by atoms with Crippen molar-refractivity contribution in [2.24, 2.45) is 0 Å². The van der Waals surface area contributed by atoms with E-state index in [-0.39, 0.29) is 12.0 Å². The van der Waals surface area contributed by atoms with Crippen LogP contribution in [-0.2, 0) is 6.18 Å². The Bertz CT molecular complexity index is 376. The third kappa shape index (κ3) is 4.45. The molecule has 2 atom stereocenters. The molecule has 0 amide bonds. The number of hydrogen-bond donors (Lipinski definition) is 1. The zero-order valence-electron chi connectivity index (χ0n) is 11.5. The van der Waals surface area contributed by atoms with Crippen LogP contribution < -0.4 is 5.32 Å². The molecule has 0 aromatic carbocycles. The summed E-state index contributed by atoms with van der Waals surface area (Å²) in [7, 11) is 0. The molecule has 0 bridgehead atoms. The summed E-state index contributed by atoms with van der Waals surface area (Å²) in [5, 5.41) is 10.3. The molecule has 0 aliphatic carbocycles. The molecule has 0 saturated heterocycles. The van der Waals surface area contributed by atoms with Crippen molar-refractivity contribution >= 4 is 0 Å². The lowest BCUT2D eigenvalue weighted by Gasteiger charge is -2.23. The molecule has 2 unspecified atom stereocenters. The first-order valence-electron chi connectivity index (χ1n) is 6.54. The molecule has 0 aliphatic heterocycles. The van der Waals surface area contributed by atoms with Gasteiger partial charge >= 0.3 is 6.18 Å². The van der Waals surface area contributed by atoms with E-state index in [1.807, 2.05) is 13.8 Å². The monoisotopic (exact) mass is 275 g/mol. The molecule has 1 aromatic rings. The third-order valence-corrected chi connectivity index (χ3v) is 3.14. The summed E-state index contributed by atoms with van der Waals surface area (Å²) >= 11 is 0. The van der Waals surface area contributed by atoms with Crippen LogP contribution in [-0.4, -0.2) is 22.8 Å². The van der Waals surface area contributed by atoms with E-state index < -0.39 is 11.9 Å². The Morgan fingerprint density at radius 2 is 1.89 bits per heavy atom. The van der Waals surface area contributed by atoms with Crippen molar-refractivity contribution in [3.63, 3.8) is 0 Å². The van der Waals surface area contributed by atoms with Crippen LogP contribution in [0.25, 0.3) is 0 Å². The Morgan fingerprint density at radius 1 is 1.21 bits per heavy atom. The van der Waals surface area contributed by atoms with Gasteiger partial charge in [0, 0.05) is 12.0 Å². The Balaban J connectivity index is 2.78. The summed E-state index contributed by atoms with van der Waals surface area (Å²) in [5.41, 5.74) is -0.360. The molecule has 108 valence electrons. The van der Waals surface area contributed by atoms with Crippen LogP contribution in [0.5, 0.6) is 0 Å². The molecule has 3 nitrogen and oxygen atoms in total. The van der Waals surface area contributed by atoms with Crippen molar-refractivity contribution in [2.75, 3.05) is 6.54 Å². The molecule has 1 aromatic heterocycles. The first-order chi connectivity index (χ1) is 8.90. The van der Waals surface area contributed by atoms with Gasteiger partial charge in [0.05, 0.1) is 5.69 Å². The van der Waals surface area contributed by atoms with E-state index in [1.165, 1.54) is 6.07 Å². The second-order valence-corrected chi connectivity index (χ2v) is 4.60. The lowest BCUT2D eigenvalue weighted by molar-refractivity contribution is -0.141. The normalized spacial score (nSPS) is 15.3. The average Bonchev–Trinajstić information content (AvgIpc) is 2.38. The largest absolute Gasteiger partial charge is 0.435 e. The summed E-state index contributed by atoms with van der Waals surface area (Å²) in [6, 6.07) is 2.60. The fourth-order valence-electron chi connectivity index (χ4n) is 1.95. The van der Waals surface area contributed by atoms with E-state index in [1.54, 1.807) is 0 Å². The van der Waals surface area contributed by atoms with Gasteiger partial charge in [-0.15, -0.1) is 5.10 Å². The quantitative estimate of drug-likeness (QED) is 0.865. The summed E-state index contributed by atoms with van der Waals surface area (Å²) in [4.78, 5) is 0. The highest BCUT2D eigenvalue weighted by atomic mass is 19.4. The first kappa shape index (κ1) is 15.9. The fraction of sp³-hybridized carbons (Fsp3) is 0.692. The van der Waals surface area contributed by atoms with E-state index >= 15 is 0 Å². The molecule has 6 heteroatoms. The molecule has 1 rings (SSSR count). The molecule has 19 heavy (non-hydrogen) atoms. The summed E-state index contributed by atoms with van der Waals surface area (Å²) in [6.07, 6.45) is -2.52. The summed E-state index contributed by atoms with van der Waals surface area (Å²) in [6.45, 7) is 6.95. The lowest BCUT2D eigenvalue weighted by Crippen LogP contribution is -2.34. The van der Waals surface area contributed by atoms with Crippen molar-refractivity contribution in [1.82, 2.24) is 15.5 Å². The fourth-order valence-corrected chi connectivity index (χ4v) is 1.95. The van der Waals surface area contributed by atoms with Crippen LogP contribution in [0.2, 0.25) is 0 Å². The van der Waals surface area contributed by atoms with Crippen LogP contribution >= 0.6 is 0 Å². The molecule has 0 fully saturated rings. The minimum Gasteiger partial charge on any atom is -0.313 e. The second kappa shape index (κ2) is 6.84. The zero-order chi connectivity index (χ0) is 14.5. The van der Waals surface area contributed by atoms with E-state index in [0.29, 0.717) is 5.69 Å². The Hall–Kier alpha value is -1.17. The number of nitrogens with zero attached hydrogens (tertiary/aromatic N) is 2. The second-order valence-electron chi connectivity index (χ2n) is 4.60. The summed E-state index contributed by atoms with van der Waals surface area (Å²) in [5.74, 6) is 0.0336. The van der Waals surface area contributed by atoms with Crippen molar-refractivity contribution in [2.45, 2.75) is 51.7 Å². The van der Waals surface area contributed by atoms with Crippen LogP contribution in [0, 0.1) is 0 Å². The maximum absolute atomic E-state index is 12.4. The van der Waals surface area contributed by atoms with Crippen LogP contribution in [0.4, 0.5) is 13.2 Å². The Labute approximate surface area is 111 Å². The Kier molecular flexibility index (Phi) is 5.72. The van der Waals surface area contributed by atoms with Gasteiger partial charge in [-0.1, -0.05) is 20.8 Å². The minimum atomic E-state index is -4.43. The van der Waals surface area contributed by atoms with Crippen LogP contribution in [0.1, 0.15) is 50.9 Å². The van der Waals surface area contributed by atoms with Gasteiger partial charge in [-0.3, -0.25) is 0 Å². The van der Waals surface area contributed by atoms with Gasteiger partial charge in [-0.05, 0) is 31.5 Å². The van der Waals surface area contributed by atoms with Gasteiger partial charge in [0.1, 0.15) is 0 Å². The zero-order valence-corrected chi connectivity index (χ0v) is 11.5. The number of nitrogens with one attached hydrogen (secondary N) is 1. The number of hydrogen-bond acceptors (Lipinski definition) is 3. The number of halogens is 3. The highest BCUT2D eigenvalue weighted by Crippen LogP contribution is 2.28. The van der Waals surface area contributed by atoms with Gasteiger partial charge in [-0.2, -0.15) is 18.3 Å². The van der Waals surface area contributed by atoms with Crippen LogP contribution in [0.3, 0.4) is 0 Å². The number of alkyl halides is 3. The van der Waals surface area contributed by atoms with Gasteiger partial charge in [-0.25, -0.2) is 0 Å².